The maximum Gasteiger partial charge on any atom is 0.250 e. The maximum absolute atomic E-state index is 11.9. The minimum Gasteiger partial charge on any atom is -0.272 e. The van der Waals surface area contributed by atoms with E-state index in [2.05, 4.69) is 10.1 Å². The van der Waals surface area contributed by atoms with E-state index in [4.69, 9.17) is 0 Å². The molecule has 1 aromatic heterocycles. The Balaban J connectivity index is 0.00000192. The number of nitrogens with zero attached hydrogens (tertiary/aromatic N) is 3. The number of para-hydroxylation sites is 1. The molecule has 5 heteroatoms. The molecule has 3 aromatic rings. The molecule has 0 spiro atoms. The van der Waals surface area contributed by atoms with Gasteiger partial charge in [-0.2, -0.15) is 5.10 Å². The van der Waals surface area contributed by atoms with E-state index in [-0.39, 0.29) is 18.3 Å². The molecule has 0 saturated heterocycles. The van der Waals surface area contributed by atoms with Crippen LogP contribution in [0.2, 0.25) is 0 Å². The molecule has 116 valence electrons. The van der Waals surface area contributed by atoms with Crippen molar-refractivity contribution in [2.75, 3.05) is 0 Å². The van der Waals surface area contributed by atoms with Crippen molar-refractivity contribution in [3.05, 3.63) is 90.0 Å². The normalized spacial score (nSPS) is 10.9. The number of hydrogen-bond acceptors (Lipinski definition) is 2. The first-order valence-electron chi connectivity index (χ1n) is 7.03. The molecule has 0 bridgehead atoms. The summed E-state index contributed by atoms with van der Waals surface area (Å²) in [6.45, 7) is 0. The van der Waals surface area contributed by atoms with Gasteiger partial charge in [-0.15, -0.1) is 12.4 Å². The fraction of sp³-hybridized carbons (Fsp3) is 0.0556. The smallest absolute Gasteiger partial charge is 0.250 e. The second-order valence-corrected chi connectivity index (χ2v) is 4.83. The van der Waals surface area contributed by atoms with Crippen LogP contribution >= 0.6 is 12.4 Å². The Morgan fingerprint density at radius 3 is 2.22 bits per heavy atom. The summed E-state index contributed by atoms with van der Waals surface area (Å²) in [7, 11) is 0. The van der Waals surface area contributed by atoms with E-state index in [1.165, 1.54) is 0 Å². The lowest BCUT2D eigenvalue weighted by molar-refractivity contribution is -0.117. The van der Waals surface area contributed by atoms with Gasteiger partial charge in [0.25, 0.3) is 5.91 Å². The summed E-state index contributed by atoms with van der Waals surface area (Å²) in [5, 5.41) is 4.84. The van der Waals surface area contributed by atoms with Crippen LogP contribution in [-0.4, -0.2) is 15.7 Å². The molecule has 1 amide bonds. The molecule has 0 atom stereocenters. The Morgan fingerprint density at radius 1 is 0.957 bits per heavy atom. The van der Waals surface area contributed by atoms with Gasteiger partial charge in [0.05, 0.1) is 23.7 Å². The van der Waals surface area contributed by atoms with Crippen molar-refractivity contribution in [1.82, 2.24) is 9.78 Å². The lowest BCUT2D eigenvalue weighted by Crippen LogP contribution is -2.12. The Kier molecular flexibility index (Phi) is 5.83. The predicted molar refractivity (Wildman–Crippen MR) is 91.5 cm³/mol. The first kappa shape index (κ1) is 16.6. The zero-order chi connectivity index (χ0) is 15.2. The van der Waals surface area contributed by atoms with Crippen molar-refractivity contribution in [3.63, 3.8) is 0 Å². The average molecular weight is 326 g/mol. The van der Waals surface area contributed by atoms with Gasteiger partial charge in [0.2, 0.25) is 0 Å². The van der Waals surface area contributed by atoms with Gasteiger partial charge in [-0.25, -0.2) is 9.67 Å². The molecule has 0 N–H and O–H groups in total. The molecular weight excluding hydrogens is 310 g/mol. The van der Waals surface area contributed by atoms with Gasteiger partial charge in [0.1, 0.15) is 0 Å². The van der Waals surface area contributed by atoms with Crippen molar-refractivity contribution < 1.29 is 4.79 Å². The van der Waals surface area contributed by atoms with Crippen LogP contribution in [0.1, 0.15) is 5.56 Å². The van der Waals surface area contributed by atoms with Crippen molar-refractivity contribution in [2.24, 2.45) is 4.99 Å². The van der Waals surface area contributed by atoms with Gasteiger partial charge in [-0.1, -0.05) is 48.5 Å². The van der Waals surface area contributed by atoms with Crippen molar-refractivity contribution in [1.29, 1.82) is 0 Å². The number of carbonyl (C=O) groups excluding carboxylic acids is 1. The van der Waals surface area contributed by atoms with Crippen LogP contribution in [0.25, 0.3) is 5.69 Å². The van der Waals surface area contributed by atoms with Crippen molar-refractivity contribution in [3.8, 4) is 5.69 Å². The fourth-order valence-corrected chi connectivity index (χ4v) is 2.10. The Bertz CT molecular complexity index is 809. The predicted octanol–water partition coefficient (Wildman–Crippen LogP) is 2.96. The van der Waals surface area contributed by atoms with Crippen LogP contribution in [0, 0.1) is 0 Å². The summed E-state index contributed by atoms with van der Waals surface area (Å²) < 4.78 is 1.74. The van der Waals surface area contributed by atoms with E-state index in [1.807, 2.05) is 60.7 Å². The van der Waals surface area contributed by atoms with Crippen LogP contribution in [-0.2, 0) is 11.2 Å². The number of carbonyl (C=O) groups is 1. The van der Waals surface area contributed by atoms with Gasteiger partial charge in [-0.05, 0) is 23.8 Å². The van der Waals surface area contributed by atoms with Gasteiger partial charge < -0.3 is 0 Å². The standard InChI is InChI=1S/C18H15N3O.ClH/c22-18(13-15-7-3-1-4-8-15)20-16-11-12-21(19-14-16)17-9-5-2-6-10-17;/h1-12,14H,13H2;1H. The van der Waals surface area contributed by atoms with Crippen LogP contribution in [0.15, 0.2) is 84.1 Å². The minimum atomic E-state index is -0.175. The first-order valence-corrected chi connectivity index (χ1v) is 7.03. The van der Waals surface area contributed by atoms with E-state index < -0.39 is 0 Å². The molecule has 4 nitrogen and oxygen atoms in total. The zero-order valence-electron chi connectivity index (χ0n) is 12.4. The molecule has 0 aliphatic rings. The van der Waals surface area contributed by atoms with Gasteiger partial charge in [0, 0.05) is 6.20 Å². The second-order valence-electron chi connectivity index (χ2n) is 4.83. The summed E-state index contributed by atoms with van der Waals surface area (Å²) in [5.74, 6) is -0.175. The molecule has 0 radical (unpaired) electrons. The summed E-state index contributed by atoms with van der Waals surface area (Å²) in [6.07, 6.45) is 3.69. The molecule has 2 aromatic carbocycles. The van der Waals surface area contributed by atoms with Crippen LogP contribution in [0.3, 0.4) is 0 Å². The maximum atomic E-state index is 11.9. The Labute approximate surface area is 140 Å². The number of hydrogen-bond donors (Lipinski definition) is 0. The van der Waals surface area contributed by atoms with Gasteiger partial charge in [0.15, 0.2) is 0 Å². The Hall–Kier alpha value is -2.72. The number of benzene rings is 2. The van der Waals surface area contributed by atoms with Crippen LogP contribution in [0.4, 0.5) is 0 Å². The van der Waals surface area contributed by atoms with E-state index in [1.54, 1.807) is 23.1 Å². The number of halogens is 1. The zero-order valence-corrected chi connectivity index (χ0v) is 13.2. The molecule has 0 aliphatic carbocycles. The highest BCUT2D eigenvalue weighted by atomic mass is 35.5. The average Bonchev–Trinajstić information content (AvgIpc) is 2.57. The first-order chi connectivity index (χ1) is 10.8. The summed E-state index contributed by atoms with van der Waals surface area (Å²) in [6, 6.07) is 21.1. The topological polar surface area (TPSA) is 47.2 Å². The highest BCUT2D eigenvalue weighted by molar-refractivity contribution is 5.85. The van der Waals surface area contributed by atoms with Crippen molar-refractivity contribution >= 4 is 18.3 Å². The van der Waals surface area contributed by atoms with Crippen LogP contribution in [0.5, 0.6) is 0 Å². The molecule has 3 rings (SSSR count). The lowest BCUT2D eigenvalue weighted by atomic mass is 10.1. The third-order valence-electron chi connectivity index (χ3n) is 3.17. The van der Waals surface area contributed by atoms with E-state index >= 15 is 0 Å². The number of aromatic nitrogens is 2. The van der Waals surface area contributed by atoms with E-state index in [0.29, 0.717) is 11.8 Å². The van der Waals surface area contributed by atoms with Crippen molar-refractivity contribution in [2.45, 2.75) is 6.42 Å². The largest absolute Gasteiger partial charge is 0.272 e. The summed E-state index contributed by atoms with van der Waals surface area (Å²) in [4.78, 5) is 16.0. The molecule has 0 fully saturated rings. The highest BCUT2D eigenvalue weighted by Gasteiger charge is 2.00. The molecule has 1 heterocycles. The van der Waals surface area contributed by atoms with Gasteiger partial charge >= 0.3 is 0 Å². The fourth-order valence-electron chi connectivity index (χ4n) is 2.10. The summed E-state index contributed by atoms with van der Waals surface area (Å²) in [5.41, 5.74) is 1.92. The number of rotatable bonds is 3. The number of amides is 1. The second kappa shape index (κ2) is 8.06. The third kappa shape index (κ3) is 4.63. The molecule has 0 aliphatic heterocycles. The molecule has 0 saturated carbocycles. The minimum absolute atomic E-state index is 0. The molecule has 23 heavy (non-hydrogen) atoms. The van der Waals surface area contributed by atoms with E-state index in [0.717, 1.165) is 11.3 Å². The molecular formula is C18H16ClN3O. The Morgan fingerprint density at radius 2 is 1.61 bits per heavy atom. The molecule has 0 unspecified atom stereocenters. The lowest BCUT2D eigenvalue weighted by Gasteiger charge is -2.03. The SMILES string of the molecule is Cl.O=C(Cc1ccccc1)N=c1ccn(-c2ccccc2)nc1. The van der Waals surface area contributed by atoms with Crippen LogP contribution < -0.4 is 5.36 Å². The third-order valence-corrected chi connectivity index (χ3v) is 3.17. The van der Waals surface area contributed by atoms with E-state index in [9.17, 15) is 4.79 Å². The summed E-state index contributed by atoms with van der Waals surface area (Å²) >= 11 is 0. The van der Waals surface area contributed by atoms with Gasteiger partial charge in [-0.3, -0.25) is 4.79 Å². The quantitative estimate of drug-likeness (QED) is 0.743. The monoisotopic (exact) mass is 325 g/mol. The highest BCUT2D eigenvalue weighted by Crippen LogP contribution is 2.03.